The van der Waals surface area contributed by atoms with E-state index >= 15 is 0 Å². The Morgan fingerprint density at radius 2 is 1.41 bits per heavy atom. The number of nitrogens with one attached hydrogen (secondary N) is 2. The fraction of sp³-hybridized carbons (Fsp3) is 0.182. The number of hydrogen-bond acceptors (Lipinski definition) is 10. The summed E-state index contributed by atoms with van der Waals surface area (Å²) in [5.41, 5.74) is 7.97. The Morgan fingerprint density at radius 1 is 0.875 bits per heavy atom. The van der Waals surface area contributed by atoms with Gasteiger partial charge in [0, 0.05) is 11.4 Å². The second-order valence-corrected chi connectivity index (χ2v) is 6.47. The summed E-state index contributed by atoms with van der Waals surface area (Å²) in [6.07, 6.45) is 1.33. The third-order valence-electron chi connectivity index (χ3n) is 4.35. The van der Waals surface area contributed by atoms with Gasteiger partial charge in [-0.3, -0.25) is 0 Å². The average Bonchev–Trinajstić information content (AvgIpc) is 2.81. The molecule has 4 N–H and O–H groups in total. The molecule has 0 aliphatic rings. The average molecular weight is 437 g/mol. The monoisotopic (exact) mass is 437 g/mol. The summed E-state index contributed by atoms with van der Waals surface area (Å²) in [6, 6.07) is 11.7. The summed E-state index contributed by atoms with van der Waals surface area (Å²) >= 11 is 0. The van der Waals surface area contributed by atoms with Gasteiger partial charge in [0.25, 0.3) is 0 Å². The highest BCUT2D eigenvalue weighted by atomic mass is 16.5. The maximum atomic E-state index is 12.0. The van der Waals surface area contributed by atoms with Gasteiger partial charge in [-0.1, -0.05) is 0 Å². The van der Waals surface area contributed by atoms with Crippen molar-refractivity contribution in [2.24, 2.45) is 0 Å². The highest BCUT2D eigenvalue weighted by Gasteiger charge is 2.16. The van der Waals surface area contributed by atoms with Crippen LogP contribution in [0.1, 0.15) is 27.6 Å². The maximum Gasteiger partial charge on any atom is 0.337 e. The number of benzene rings is 2. The van der Waals surface area contributed by atoms with E-state index in [1.165, 1.54) is 38.7 Å². The van der Waals surface area contributed by atoms with Crippen molar-refractivity contribution in [2.75, 3.05) is 37.2 Å². The SMILES string of the molecule is CCOc1ccc(Nc2ncnc(Nc3cc(C(=O)OC)cc(C(=O)OC)c3)c2N)cc1. The molecule has 0 amide bonds. The number of methoxy groups -OCH3 is 2. The van der Waals surface area contributed by atoms with Crippen LogP contribution in [0.25, 0.3) is 0 Å². The lowest BCUT2D eigenvalue weighted by Crippen LogP contribution is -2.09. The van der Waals surface area contributed by atoms with E-state index in [2.05, 4.69) is 20.6 Å². The molecule has 3 rings (SSSR count). The smallest absolute Gasteiger partial charge is 0.337 e. The zero-order valence-electron chi connectivity index (χ0n) is 17.8. The molecule has 0 spiro atoms. The molecule has 0 bridgehead atoms. The Bertz CT molecular complexity index is 1080. The number of carbonyl (C=O) groups excluding carboxylic acids is 2. The number of nitrogen functional groups attached to an aromatic ring is 1. The minimum Gasteiger partial charge on any atom is -0.494 e. The Balaban J connectivity index is 1.88. The number of nitrogens with two attached hydrogens (primary N) is 1. The normalized spacial score (nSPS) is 10.2. The Kier molecular flexibility index (Phi) is 7.06. The Hall–Kier alpha value is -4.34. The van der Waals surface area contributed by atoms with E-state index in [4.69, 9.17) is 19.9 Å². The molecule has 2 aromatic carbocycles. The highest BCUT2D eigenvalue weighted by Crippen LogP contribution is 2.29. The van der Waals surface area contributed by atoms with E-state index in [1.807, 2.05) is 31.2 Å². The molecule has 0 fully saturated rings. The largest absolute Gasteiger partial charge is 0.494 e. The first-order valence-electron chi connectivity index (χ1n) is 9.64. The third-order valence-corrected chi connectivity index (χ3v) is 4.35. The van der Waals surface area contributed by atoms with Gasteiger partial charge in [-0.15, -0.1) is 0 Å². The number of anilines is 5. The number of hydrogen-bond donors (Lipinski definition) is 3. The molecule has 32 heavy (non-hydrogen) atoms. The van der Waals surface area contributed by atoms with Gasteiger partial charge in [-0.2, -0.15) is 0 Å². The maximum absolute atomic E-state index is 12.0. The van der Waals surface area contributed by atoms with Crippen molar-refractivity contribution in [3.63, 3.8) is 0 Å². The number of ether oxygens (including phenoxy) is 3. The molecule has 10 nitrogen and oxygen atoms in total. The quantitative estimate of drug-likeness (QED) is 0.449. The molecule has 0 saturated carbocycles. The van der Waals surface area contributed by atoms with Gasteiger partial charge in [0.05, 0.1) is 32.0 Å². The Morgan fingerprint density at radius 3 is 1.91 bits per heavy atom. The molecule has 0 aliphatic carbocycles. The van der Waals surface area contributed by atoms with Crippen LogP contribution < -0.4 is 21.1 Å². The summed E-state index contributed by atoms with van der Waals surface area (Å²) in [5.74, 6) is 0.206. The number of rotatable bonds is 8. The first-order valence-corrected chi connectivity index (χ1v) is 9.64. The van der Waals surface area contributed by atoms with Crippen molar-refractivity contribution >= 4 is 40.6 Å². The van der Waals surface area contributed by atoms with Crippen molar-refractivity contribution < 1.29 is 23.8 Å². The van der Waals surface area contributed by atoms with Crippen LogP contribution in [0.2, 0.25) is 0 Å². The van der Waals surface area contributed by atoms with Gasteiger partial charge in [0.15, 0.2) is 11.6 Å². The van der Waals surface area contributed by atoms with Crippen LogP contribution in [0.5, 0.6) is 5.75 Å². The summed E-state index contributed by atoms with van der Waals surface area (Å²) < 4.78 is 14.9. The number of esters is 2. The Labute approximate surface area is 184 Å². The van der Waals surface area contributed by atoms with E-state index in [9.17, 15) is 9.59 Å². The lowest BCUT2D eigenvalue weighted by molar-refractivity contribution is 0.0599. The molecule has 0 aliphatic heterocycles. The van der Waals surface area contributed by atoms with E-state index in [1.54, 1.807) is 0 Å². The molecule has 1 aromatic heterocycles. The van der Waals surface area contributed by atoms with Crippen LogP contribution in [0, 0.1) is 0 Å². The fourth-order valence-corrected chi connectivity index (χ4v) is 2.84. The van der Waals surface area contributed by atoms with Gasteiger partial charge in [0.2, 0.25) is 0 Å². The zero-order chi connectivity index (χ0) is 23.1. The van der Waals surface area contributed by atoms with Crippen LogP contribution in [-0.2, 0) is 9.47 Å². The first-order chi connectivity index (χ1) is 15.4. The number of nitrogens with zero attached hydrogens (tertiary/aromatic N) is 2. The van der Waals surface area contributed by atoms with E-state index in [0.717, 1.165) is 11.4 Å². The molecule has 0 radical (unpaired) electrons. The van der Waals surface area contributed by atoms with E-state index in [-0.39, 0.29) is 22.6 Å². The minimum atomic E-state index is -0.604. The molecule has 10 heteroatoms. The van der Waals surface area contributed by atoms with Gasteiger partial charge < -0.3 is 30.6 Å². The van der Waals surface area contributed by atoms with Crippen molar-refractivity contribution in [1.29, 1.82) is 0 Å². The van der Waals surface area contributed by atoms with Crippen LogP contribution in [0.3, 0.4) is 0 Å². The fourth-order valence-electron chi connectivity index (χ4n) is 2.84. The first kappa shape index (κ1) is 22.3. The predicted octanol–water partition coefficient (Wildman–Crippen LogP) is 3.52. The molecule has 0 saturated heterocycles. The van der Waals surface area contributed by atoms with Gasteiger partial charge >= 0.3 is 11.9 Å². The zero-order valence-corrected chi connectivity index (χ0v) is 17.8. The van der Waals surface area contributed by atoms with E-state index < -0.39 is 11.9 Å². The summed E-state index contributed by atoms with van der Waals surface area (Å²) in [6.45, 7) is 2.49. The summed E-state index contributed by atoms with van der Waals surface area (Å²) in [4.78, 5) is 32.3. The van der Waals surface area contributed by atoms with Gasteiger partial charge in [-0.05, 0) is 49.4 Å². The lowest BCUT2D eigenvalue weighted by Gasteiger charge is -2.14. The molecule has 0 atom stereocenters. The van der Waals surface area contributed by atoms with E-state index in [0.29, 0.717) is 18.1 Å². The number of carbonyl (C=O) groups is 2. The standard InChI is InChI=1S/C22H23N5O5/c1-4-32-17-7-5-15(6-8-17)26-19-18(23)20(25-12-24-19)27-16-10-13(21(28)30-2)9-14(11-16)22(29)31-3/h5-12H,4,23H2,1-3H3,(H2,24,25,26,27). The molecule has 0 unspecified atom stereocenters. The number of aromatic nitrogens is 2. The summed E-state index contributed by atoms with van der Waals surface area (Å²) in [5, 5.41) is 6.14. The molecule has 166 valence electrons. The van der Waals surface area contributed by atoms with Crippen LogP contribution in [0.4, 0.5) is 28.7 Å². The van der Waals surface area contributed by atoms with Gasteiger partial charge in [0.1, 0.15) is 17.8 Å². The lowest BCUT2D eigenvalue weighted by atomic mass is 10.1. The van der Waals surface area contributed by atoms with Crippen LogP contribution >= 0.6 is 0 Å². The molecular formula is C22H23N5O5. The second kappa shape index (κ2) is 10.1. The predicted molar refractivity (Wildman–Crippen MR) is 120 cm³/mol. The molecule has 1 heterocycles. The highest BCUT2D eigenvalue weighted by molar-refractivity contribution is 5.97. The minimum absolute atomic E-state index is 0.165. The van der Waals surface area contributed by atoms with Crippen molar-refractivity contribution in [2.45, 2.75) is 6.92 Å². The van der Waals surface area contributed by atoms with Crippen molar-refractivity contribution in [3.8, 4) is 5.75 Å². The van der Waals surface area contributed by atoms with Crippen molar-refractivity contribution in [3.05, 3.63) is 59.9 Å². The molecular weight excluding hydrogens is 414 g/mol. The van der Waals surface area contributed by atoms with Gasteiger partial charge in [-0.25, -0.2) is 19.6 Å². The molecule has 3 aromatic rings. The topological polar surface area (TPSA) is 138 Å². The third kappa shape index (κ3) is 5.22. The van der Waals surface area contributed by atoms with Crippen LogP contribution in [-0.4, -0.2) is 42.7 Å². The van der Waals surface area contributed by atoms with Crippen molar-refractivity contribution in [1.82, 2.24) is 9.97 Å². The van der Waals surface area contributed by atoms with Crippen LogP contribution in [0.15, 0.2) is 48.8 Å². The second-order valence-electron chi connectivity index (χ2n) is 6.47. The summed E-state index contributed by atoms with van der Waals surface area (Å²) in [7, 11) is 2.50.